The number of hydrogen-bond acceptors (Lipinski definition) is 5. The molecular formula is C11H16ClN3S2. The van der Waals surface area contributed by atoms with Crippen LogP contribution >= 0.6 is 35.1 Å². The van der Waals surface area contributed by atoms with Gasteiger partial charge in [0, 0.05) is 28.5 Å². The van der Waals surface area contributed by atoms with Crippen LogP contribution < -0.4 is 11.1 Å². The van der Waals surface area contributed by atoms with E-state index in [0.717, 1.165) is 13.0 Å². The summed E-state index contributed by atoms with van der Waals surface area (Å²) >= 11 is 3.34. The molecule has 1 unspecified atom stereocenters. The Balaban J connectivity index is 0.00000144. The lowest BCUT2D eigenvalue weighted by Crippen LogP contribution is -2.18. The van der Waals surface area contributed by atoms with Crippen LogP contribution in [-0.4, -0.2) is 4.98 Å². The summed E-state index contributed by atoms with van der Waals surface area (Å²) in [4.78, 5) is 6.62. The quantitative estimate of drug-likeness (QED) is 0.886. The topological polar surface area (TPSA) is 50.9 Å². The minimum absolute atomic E-state index is 0. The first kappa shape index (κ1) is 14.4. The van der Waals surface area contributed by atoms with Crippen molar-refractivity contribution in [2.45, 2.75) is 25.9 Å². The van der Waals surface area contributed by atoms with E-state index in [9.17, 15) is 0 Å². The average Bonchev–Trinajstić information content (AvgIpc) is 2.91. The van der Waals surface area contributed by atoms with Gasteiger partial charge in [-0.1, -0.05) is 13.0 Å². The molecular weight excluding hydrogens is 274 g/mol. The molecule has 0 spiro atoms. The molecule has 1 atom stereocenters. The van der Waals surface area contributed by atoms with Gasteiger partial charge in [0.15, 0.2) is 5.13 Å². The van der Waals surface area contributed by atoms with Gasteiger partial charge >= 0.3 is 0 Å². The number of thiazole rings is 1. The van der Waals surface area contributed by atoms with E-state index in [0.29, 0.717) is 11.2 Å². The fraction of sp³-hybridized carbons (Fsp3) is 0.364. The maximum Gasteiger partial charge on any atom is 0.180 e. The molecule has 2 aromatic heterocycles. The molecule has 94 valence electrons. The van der Waals surface area contributed by atoms with Gasteiger partial charge in [0.25, 0.3) is 0 Å². The SMILES string of the molecule is CCC(NCc1cnc(N)s1)c1cccs1.Cl. The number of halogens is 1. The molecule has 0 aromatic carbocycles. The third-order valence-corrected chi connectivity index (χ3v) is 4.20. The van der Waals surface area contributed by atoms with Gasteiger partial charge in [-0.3, -0.25) is 0 Å². The lowest BCUT2D eigenvalue weighted by atomic mass is 10.2. The summed E-state index contributed by atoms with van der Waals surface area (Å²) in [6.45, 7) is 3.03. The Bertz CT molecular complexity index is 428. The zero-order chi connectivity index (χ0) is 11.4. The highest BCUT2D eigenvalue weighted by Gasteiger charge is 2.09. The van der Waals surface area contributed by atoms with Gasteiger partial charge in [0.05, 0.1) is 0 Å². The Morgan fingerprint density at radius 2 is 2.35 bits per heavy atom. The monoisotopic (exact) mass is 289 g/mol. The van der Waals surface area contributed by atoms with Crippen LogP contribution in [0.25, 0.3) is 0 Å². The van der Waals surface area contributed by atoms with Gasteiger partial charge < -0.3 is 11.1 Å². The van der Waals surface area contributed by atoms with Crippen molar-refractivity contribution in [2.24, 2.45) is 0 Å². The first-order valence-electron chi connectivity index (χ1n) is 5.26. The normalized spacial score (nSPS) is 12.1. The Morgan fingerprint density at radius 3 is 2.88 bits per heavy atom. The summed E-state index contributed by atoms with van der Waals surface area (Å²) in [5, 5.41) is 6.28. The zero-order valence-electron chi connectivity index (χ0n) is 9.55. The van der Waals surface area contributed by atoms with Crippen LogP contribution in [0.3, 0.4) is 0 Å². The van der Waals surface area contributed by atoms with Crippen LogP contribution in [0.5, 0.6) is 0 Å². The molecule has 0 saturated carbocycles. The Morgan fingerprint density at radius 1 is 1.53 bits per heavy atom. The molecule has 0 radical (unpaired) electrons. The molecule has 6 heteroatoms. The van der Waals surface area contributed by atoms with E-state index in [1.165, 1.54) is 9.75 Å². The van der Waals surface area contributed by atoms with Crippen LogP contribution in [0.4, 0.5) is 5.13 Å². The van der Waals surface area contributed by atoms with Crippen molar-refractivity contribution in [2.75, 3.05) is 5.73 Å². The molecule has 2 rings (SSSR count). The zero-order valence-corrected chi connectivity index (χ0v) is 12.0. The van der Waals surface area contributed by atoms with Crippen LogP contribution in [-0.2, 0) is 6.54 Å². The van der Waals surface area contributed by atoms with E-state index in [4.69, 9.17) is 5.73 Å². The molecule has 0 aliphatic carbocycles. The number of nitrogens with one attached hydrogen (secondary N) is 1. The van der Waals surface area contributed by atoms with E-state index in [1.54, 1.807) is 22.7 Å². The second-order valence-electron chi connectivity index (χ2n) is 3.52. The number of hydrogen-bond donors (Lipinski definition) is 2. The molecule has 2 aromatic rings. The maximum atomic E-state index is 5.59. The second kappa shape index (κ2) is 6.96. The van der Waals surface area contributed by atoms with Crippen molar-refractivity contribution in [3.63, 3.8) is 0 Å². The van der Waals surface area contributed by atoms with Gasteiger partial charge in [-0.15, -0.1) is 35.1 Å². The highest BCUT2D eigenvalue weighted by molar-refractivity contribution is 7.15. The number of anilines is 1. The smallest absolute Gasteiger partial charge is 0.180 e. The minimum atomic E-state index is 0. The summed E-state index contributed by atoms with van der Waals surface area (Å²) in [6.07, 6.45) is 2.93. The molecule has 0 saturated heterocycles. The number of nitrogens with two attached hydrogens (primary N) is 1. The first-order valence-corrected chi connectivity index (χ1v) is 6.96. The summed E-state index contributed by atoms with van der Waals surface area (Å²) < 4.78 is 0. The summed E-state index contributed by atoms with van der Waals surface area (Å²) in [7, 11) is 0. The molecule has 2 heterocycles. The van der Waals surface area contributed by atoms with Gasteiger partial charge in [0.2, 0.25) is 0 Å². The molecule has 3 N–H and O–H groups in total. The fourth-order valence-corrected chi connectivity index (χ4v) is 3.08. The van der Waals surface area contributed by atoms with E-state index in [-0.39, 0.29) is 12.4 Å². The maximum absolute atomic E-state index is 5.59. The predicted octanol–water partition coefficient (Wildman–Crippen LogP) is 3.45. The molecule has 3 nitrogen and oxygen atoms in total. The minimum Gasteiger partial charge on any atom is -0.375 e. The molecule has 0 amide bonds. The second-order valence-corrected chi connectivity index (χ2v) is 5.65. The van der Waals surface area contributed by atoms with E-state index in [1.807, 2.05) is 6.20 Å². The Labute approximate surface area is 115 Å². The van der Waals surface area contributed by atoms with Crippen LogP contribution in [0, 0.1) is 0 Å². The molecule has 17 heavy (non-hydrogen) atoms. The molecule has 0 bridgehead atoms. The number of aromatic nitrogens is 1. The molecule has 0 aliphatic rings. The predicted molar refractivity (Wildman–Crippen MR) is 78.0 cm³/mol. The van der Waals surface area contributed by atoms with Crippen molar-refractivity contribution < 1.29 is 0 Å². The number of nitrogens with zero attached hydrogens (tertiary/aromatic N) is 1. The van der Waals surface area contributed by atoms with Crippen molar-refractivity contribution in [3.8, 4) is 0 Å². The number of thiophene rings is 1. The number of rotatable bonds is 5. The van der Waals surface area contributed by atoms with Crippen LogP contribution in [0.2, 0.25) is 0 Å². The summed E-state index contributed by atoms with van der Waals surface area (Å²) in [5.74, 6) is 0. The van der Waals surface area contributed by atoms with E-state index in [2.05, 4.69) is 34.7 Å². The van der Waals surface area contributed by atoms with E-state index >= 15 is 0 Å². The summed E-state index contributed by atoms with van der Waals surface area (Å²) in [5.41, 5.74) is 5.59. The lowest BCUT2D eigenvalue weighted by Gasteiger charge is -2.14. The van der Waals surface area contributed by atoms with Crippen LogP contribution in [0.15, 0.2) is 23.7 Å². The Hall–Kier alpha value is -0.620. The van der Waals surface area contributed by atoms with Crippen molar-refractivity contribution in [1.82, 2.24) is 10.3 Å². The average molecular weight is 290 g/mol. The van der Waals surface area contributed by atoms with Crippen molar-refractivity contribution in [3.05, 3.63) is 33.5 Å². The van der Waals surface area contributed by atoms with Crippen molar-refractivity contribution >= 4 is 40.2 Å². The van der Waals surface area contributed by atoms with Crippen molar-refractivity contribution in [1.29, 1.82) is 0 Å². The summed E-state index contributed by atoms with van der Waals surface area (Å²) in [6, 6.07) is 4.70. The third-order valence-electron chi connectivity index (χ3n) is 2.39. The first-order chi connectivity index (χ1) is 7.79. The molecule has 0 fully saturated rings. The fourth-order valence-electron chi connectivity index (χ4n) is 1.56. The van der Waals surface area contributed by atoms with E-state index < -0.39 is 0 Å². The van der Waals surface area contributed by atoms with Gasteiger partial charge in [-0.25, -0.2) is 4.98 Å². The lowest BCUT2D eigenvalue weighted by molar-refractivity contribution is 0.529. The van der Waals surface area contributed by atoms with Gasteiger partial charge in [-0.05, 0) is 17.9 Å². The van der Waals surface area contributed by atoms with Gasteiger partial charge in [0.1, 0.15) is 0 Å². The standard InChI is InChI=1S/C11H15N3S2.ClH/c1-2-9(10-4-3-5-15-10)13-6-8-7-14-11(12)16-8;/h3-5,7,9,13H,2,6H2,1H3,(H2,12,14);1H. The molecule has 0 aliphatic heterocycles. The van der Waals surface area contributed by atoms with Crippen LogP contribution in [0.1, 0.15) is 29.1 Å². The highest BCUT2D eigenvalue weighted by Crippen LogP contribution is 2.23. The Kier molecular flexibility index (Phi) is 5.91. The third kappa shape index (κ3) is 3.96. The van der Waals surface area contributed by atoms with Gasteiger partial charge in [-0.2, -0.15) is 0 Å². The largest absolute Gasteiger partial charge is 0.375 e. The highest BCUT2D eigenvalue weighted by atomic mass is 35.5. The number of nitrogen functional groups attached to an aromatic ring is 1.